The van der Waals surface area contributed by atoms with Crippen molar-refractivity contribution in [2.24, 2.45) is 12.2 Å². The molecular weight excluding hydrogens is 314 g/mol. The molecule has 0 spiro atoms. The van der Waals surface area contributed by atoms with E-state index in [1.165, 1.54) is 0 Å². The van der Waals surface area contributed by atoms with Crippen LogP contribution in [-0.4, -0.2) is 21.0 Å². The summed E-state index contributed by atoms with van der Waals surface area (Å²) in [6.45, 7) is 2.24. The minimum absolute atomic E-state index is 0.0318. The second kappa shape index (κ2) is 6.02. The van der Waals surface area contributed by atoms with Gasteiger partial charge in [0, 0.05) is 18.2 Å². The van der Waals surface area contributed by atoms with Crippen molar-refractivity contribution in [2.45, 2.75) is 13.5 Å². The molecule has 0 saturated carbocycles. The average molecular weight is 331 g/mol. The van der Waals surface area contributed by atoms with Gasteiger partial charge in [0.2, 0.25) is 5.78 Å². The fourth-order valence-electron chi connectivity index (χ4n) is 3.02. The Bertz CT molecular complexity index is 987. The van der Waals surface area contributed by atoms with E-state index in [1.807, 2.05) is 68.6 Å². The lowest BCUT2D eigenvalue weighted by Gasteiger charge is -2.17. The molecule has 1 aliphatic rings. The highest BCUT2D eigenvalue weighted by atomic mass is 16.6. The van der Waals surface area contributed by atoms with Crippen LogP contribution < -0.4 is 0 Å². The third-order valence-corrected chi connectivity index (χ3v) is 4.41. The van der Waals surface area contributed by atoms with Crippen LogP contribution in [0.1, 0.15) is 38.7 Å². The molecule has 0 radical (unpaired) electrons. The van der Waals surface area contributed by atoms with Gasteiger partial charge in [-0.1, -0.05) is 59.8 Å². The van der Waals surface area contributed by atoms with Gasteiger partial charge in [-0.05, 0) is 12.5 Å². The fourth-order valence-corrected chi connectivity index (χ4v) is 3.02. The van der Waals surface area contributed by atoms with Crippen molar-refractivity contribution in [3.63, 3.8) is 0 Å². The highest BCUT2D eigenvalue weighted by molar-refractivity contribution is 6.28. The predicted octanol–water partition coefficient (Wildman–Crippen LogP) is 3.24. The Morgan fingerprint density at radius 1 is 1.04 bits per heavy atom. The topological polar surface area (TPSA) is 56.5 Å². The number of nitrogens with zero attached hydrogens (tertiary/aromatic N) is 3. The standard InChI is InChI=1S/C20H17N3O2/c1-13-21-18-17(22-25-12-14-8-4-3-5-9-14)15-10-6-7-11-16(15)20(24)19(18)23(13)2/h3-11H,12H2,1-2H3/b22-17+. The molecule has 1 aliphatic carbocycles. The summed E-state index contributed by atoms with van der Waals surface area (Å²) in [5, 5.41) is 4.34. The van der Waals surface area contributed by atoms with E-state index in [1.54, 1.807) is 4.57 Å². The summed E-state index contributed by atoms with van der Waals surface area (Å²) < 4.78 is 1.81. The zero-order valence-corrected chi connectivity index (χ0v) is 14.1. The molecule has 0 saturated heterocycles. The van der Waals surface area contributed by atoms with Crippen LogP contribution in [0, 0.1) is 6.92 Å². The molecule has 5 nitrogen and oxygen atoms in total. The van der Waals surface area contributed by atoms with Crippen molar-refractivity contribution in [2.75, 3.05) is 0 Å². The first-order valence-corrected chi connectivity index (χ1v) is 8.08. The lowest BCUT2D eigenvalue weighted by molar-refractivity contribution is 0.102. The molecule has 25 heavy (non-hydrogen) atoms. The number of hydrogen-bond acceptors (Lipinski definition) is 4. The van der Waals surface area contributed by atoms with E-state index < -0.39 is 0 Å². The number of imidazole rings is 1. The van der Waals surface area contributed by atoms with E-state index in [4.69, 9.17) is 4.84 Å². The van der Waals surface area contributed by atoms with Crippen molar-refractivity contribution >= 4 is 11.5 Å². The Balaban J connectivity index is 1.77. The SMILES string of the molecule is Cc1nc2c(n1C)C(=O)c1ccccc1/C2=N\OCc1ccccc1. The molecule has 0 fully saturated rings. The summed E-state index contributed by atoms with van der Waals surface area (Å²) in [7, 11) is 1.84. The summed E-state index contributed by atoms with van der Waals surface area (Å²) in [6.07, 6.45) is 0. The highest BCUT2D eigenvalue weighted by Gasteiger charge is 2.33. The molecule has 124 valence electrons. The third kappa shape index (κ3) is 2.54. The molecular formula is C20H17N3O2. The summed E-state index contributed by atoms with van der Waals surface area (Å²) in [5.41, 5.74) is 4.15. The van der Waals surface area contributed by atoms with Crippen LogP contribution in [0.15, 0.2) is 59.8 Å². The number of aromatic nitrogens is 2. The van der Waals surface area contributed by atoms with Gasteiger partial charge in [0.25, 0.3) is 0 Å². The fraction of sp³-hybridized carbons (Fsp3) is 0.150. The summed E-state index contributed by atoms with van der Waals surface area (Å²) >= 11 is 0. The van der Waals surface area contributed by atoms with Crippen molar-refractivity contribution in [3.05, 3.63) is 88.5 Å². The number of carbonyl (C=O) groups excluding carboxylic acids is 1. The molecule has 0 aliphatic heterocycles. The van der Waals surface area contributed by atoms with Crippen LogP contribution >= 0.6 is 0 Å². The largest absolute Gasteiger partial charge is 0.390 e. The normalized spacial score (nSPS) is 14.3. The smallest absolute Gasteiger partial charge is 0.212 e. The molecule has 0 amide bonds. The molecule has 0 bridgehead atoms. The first-order chi connectivity index (χ1) is 12.2. The number of aryl methyl sites for hydroxylation is 1. The zero-order chi connectivity index (χ0) is 17.4. The summed E-state index contributed by atoms with van der Waals surface area (Å²) in [6, 6.07) is 17.3. The van der Waals surface area contributed by atoms with Crippen LogP contribution in [0.3, 0.4) is 0 Å². The van der Waals surface area contributed by atoms with Gasteiger partial charge in [0.15, 0.2) is 0 Å². The van der Waals surface area contributed by atoms with E-state index >= 15 is 0 Å². The third-order valence-electron chi connectivity index (χ3n) is 4.41. The molecule has 0 N–H and O–H groups in total. The van der Waals surface area contributed by atoms with Crippen LogP contribution in [0.4, 0.5) is 0 Å². The predicted molar refractivity (Wildman–Crippen MR) is 94.7 cm³/mol. The van der Waals surface area contributed by atoms with Crippen LogP contribution in [0.2, 0.25) is 0 Å². The number of oxime groups is 1. The number of ketones is 1. The lowest BCUT2D eigenvalue weighted by atomic mass is 9.89. The Labute approximate surface area is 145 Å². The van der Waals surface area contributed by atoms with Gasteiger partial charge < -0.3 is 9.40 Å². The maximum absolute atomic E-state index is 12.8. The van der Waals surface area contributed by atoms with Crippen LogP contribution in [-0.2, 0) is 18.5 Å². The number of rotatable bonds is 3. The van der Waals surface area contributed by atoms with Crippen molar-refractivity contribution in [1.29, 1.82) is 0 Å². The van der Waals surface area contributed by atoms with E-state index in [2.05, 4.69) is 10.1 Å². The van der Waals surface area contributed by atoms with E-state index in [0.717, 1.165) is 17.0 Å². The van der Waals surface area contributed by atoms with E-state index in [0.29, 0.717) is 29.3 Å². The van der Waals surface area contributed by atoms with Gasteiger partial charge >= 0.3 is 0 Å². The van der Waals surface area contributed by atoms with E-state index in [9.17, 15) is 4.79 Å². The first-order valence-electron chi connectivity index (χ1n) is 8.08. The summed E-state index contributed by atoms with van der Waals surface area (Å²) in [4.78, 5) is 22.9. The number of carbonyl (C=O) groups is 1. The van der Waals surface area contributed by atoms with Crippen molar-refractivity contribution in [3.8, 4) is 0 Å². The lowest BCUT2D eigenvalue weighted by Crippen LogP contribution is -2.23. The van der Waals surface area contributed by atoms with Crippen LogP contribution in [0.25, 0.3) is 0 Å². The minimum Gasteiger partial charge on any atom is -0.390 e. The summed E-state index contributed by atoms with van der Waals surface area (Å²) in [5.74, 6) is 0.734. The molecule has 1 heterocycles. The minimum atomic E-state index is -0.0318. The first kappa shape index (κ1) is 15.3. The number of fused-ring (bicyclic) bond motifs is 2. The van der Waals surface area contributed by atoms with Gasteiger partial charge in [-0.15, -0.1) is 0 Å². The Hall–Kier alpha value is -3.21. The zero-order valence-electron chi connectivity index (χ0n) is 14.1. The van der Waals surface area contributed by atoms with Crippen molar-refractivity contribution in [1.82, 2.24) is 9.55 Å². The molecule has 0 atom stereocenters. The Morgan fingerprint density at radius 3 is 2.48 bits per heavy atom. The second-order valence-electron chi connectivity index (χ2n) is 5.99. The Kier molecular flexibility index (Phi) is 3.69. The monoisotopic (exact) mass is 331 g/mol. The molecule has 4 rings (SSSR count). The van der Waals surface area contributed by atoms with Gasteiger partial charge in [-0.2, -0.15) is 0 Å². The molecule has 2 aromatic carbocycles. The molecule has 1 aromatic heterocycles. The number of hydrogen-bond donors (Lipinski definition) is 0. The number of benzene rings is 2. The maximum atomic E-state index is 12.8. The van der Waals surface area contributed by atoms with Gasteiger partial charge in [0.1, 0.15) is 29.5 Å². The highest BCUT2D eigenvalue weighted by Crippen LogP contribution is 2.28. The second-order valence-corrected chi connectivity index (χ2v) is 5.99. The molecule has 5 heteroatoms. The molecule has 3 aromatic rings. The van der Waals surface area contributed by atoms with Gasteiger partial charge in [-0.3, -0.25) is 4.79 Å². The van der Waals surface area contributed by atoms with Crippen LogP contribution in [0.5, 0.6) is 0 Å². The Morgan fingerprint density at radius 2 is 1.72 bits per heavy atom. The van der Waals surface area contributed by atoms with Gasteiger partial charge in [0.05, 0.1) is 0 Å². The van der Waals surface area contributed by atoms with Crippen molar-refractivity contribution < 1.29 is 9.63 Å². The maximum Gasteiger partial charge on any atom is 0.212 e. The molecule has 0 unspecified atom stereocenters. The quantitative estimate of drug-likeness (QED) is 0.542. The van der Waals surface area contributed by atoms with E-state index in [-0.39, 0.29) is 5.78 Å². The van der Waals surface area contributed by atoms with Gasteiger partial charge in [-0.25, -0.2) is 4.98 Å². The average Bonchev–Trinajstić information content (AvgIpc) is 2.94.